The molecule has 0 aliphatic carbocycles. The van der Waals surface area contributed by atoms with Gasteiger partial charge in [0.05, 0.1) is 40.2 Å². The molecule has 0 atom stereocenters. The molecule has 5 aromatic rings. The van der Waals surface area contributed by atoms with E-state index in [1.807, 2.05) is 53.1 Å². The van der Waals surface area contributed by atoms with Gasteiger partial charge >= 0.3 is 0 Å². The molecule has 0 bridgehead atoms. The number of pyridine rings is 1. The number of halogens is 2. The zero-order chi connectivity index (χ0) is 20.8. The maximum Gasteiger partial charge on any atom is 0.160 e. The SMILES string of the molecule is COc1ccc(-c2ccc(N)c3nc(Cc4nc5ccc(Cl)cc5[nH]4)cn23)c(Cl)c1. The van der Waals surface area contributed by atoms with Crippen molar-refractivity contribution in [3.63, 3.8) is 0 Å². The summed E-state index contributed by atoms with van der Waals surface area (Å²) in [6.45, 7) is 0. The maximum atomic E-state index is 6.51. The number of rotatable bonds is 4. The van der Waals surface area contributed by atoms with Gasteiger partial charge in [0, 0.05) is 23.2 Å². The molecule has 8 heteroatoms. The molecular formula is C22H17Cl2N5O. The number of nitrogens with zero attached hydrogens (tertiary/aromatic N) is 3. The van der Waals surface area contributed by atoms with E-state index < -0.39 is 0 Å². The first-order valence-corrected chi connectivity index (χ1v) is 10.0. The van der Waals surface area contributed by atoms with Crippen LogP contribution in [-0.4, -0.2) is 26.5 Å². The number of aromatic nitrogens is 4. The van der Waals surface area contributed by atoms with E-state index in [0.29, 0.717) is 33.6 Å². The van der Waals surface area contributed by atoms with Gasteiger partial charge in [-0.05, 0) is 48.5 Å². The number of hydrogen-bond donors (Lipinski definition) is 2. The van der Waals surface area contributed by atoms with Crippen molar-refractivity contribution in [3.8, 4) is 17.0 Å². The van der Waals surface area contributed by atoms with Crippen LogP contribution in [-0.2, 0) is 6.42 Å². The number of aromatic amines is 1. The Labute approximate surface area is 182 Å². The van der Waals surface area contributed by atoms with Gasteiger partial charge < -0.3 is 15.5 Å². The van der Waals surface area contributed by atoms with Crippen LogP contribution in [0.3, 0.4) is 0 Å². The molecule has 150 valence electrons. The van der Waals surface area contributed by atoms with Crippen LogP contribution in [0.1, 0.15) is 11.5 Å². The lowest BCUT2D eigenvalue weighted by atomic mass is 10.1. The number of benzene rings is 2. The summed E-state index contributed by atoms with van der Waals surface area (Å²) in [4.78, 5) is 12.7. The first kappa shape index (κ1) is 18.8. The summed E-state index contributed by atoms with van der Waals surface area (Å²) in [6, 6.07) is 14.9. The second kappa shape index (κ2) is 7.23. The fourth-order valence-electron chi connectivity index (χ4n) is 3.56. The Balaban J connectivity index is 1.58. The normalized spacial score (nSPS) is 11.4. The van der Waals surface area contributed by atoms with Crippen LogP contribution in [0.15, 0.2) is 54.7 Å². The number of nitrogen functional groups attached to an aromatic ring is 1. The average Bonchev–Trinajstić information content (AvgIpc) is 3.32. The van der Waals surface area contributed by atoms with Crippen molar-refractivity contribution in [1.29, 1.82) is 0 Å². The first-order valence-electron chi connectivity index (χ1n) is 9.26. The van der Waals surface area contributed by atoms with Gasteiger partial charge in [-0.1, -0.05) is 23.2 Å². The van der Waals surface area contributed by atoms with Crippen molar-refractivity contribution in [2.45, 2.75) is 6.42 Å². The van der Waals surface area contributed by atoms with Crippen LogP contribution in [0, 0.1) is 0 Å². The van der Waals surface area contributed by atoms with Gasteiger partial charge in [0.2, 0.25) is 0 Å². The summed E-state index contributed by atoms with van der Waals surface area (Å²) >= 11 is 12.6. The van der Waals surface area contributed by atoms with Crippen LogP contribution in [0.2, 0.25) is 10.0 Å². The molecule has 0 unspecified atom stereocenters. The van der Waals surface area contributed by atoms with Crippen LogP contribution in [0.4, 0.5) is 5.69 Å². The standard InChI is InChI=1S/C22H17Cl2N5O/c1-30-14-3-4-15(16(24)10-14)20-7-5-17(25)22-26-13(11-29(20)22)9-21-27-18-6-2-12(23)8-19(18)28-21/h2-8,10-11H,9,25H2,1H3,(H,27,28). The Bertz CT molecular complexity index is 1410. The van der Waals surface area contributed by atoms with E-state index in [4.69, 9.17) is 38.7 Å². The van der Waals surface area contributed by atoms with Crippen LogP contribution in [0.5, 0.6) is 5.75 Å². The van der Waals surface area contributed by atoms with Crippen molar-refractivity contribution < 1.29 is 4.74 Å². The molecule has 30 heavy (non-hydrogen) atoms. The quantitative estimate of drug-likeness (QED) is 0.396. The van der Waals surface area contributed by atoms with Crippen molar-refractivity contribution in [1.82, 2.24) is 19.4 Å². The summed E-state index contributed by atoms with van der Waals surface area (Å²) in [5.74, 6) is 1.50. The summed E-state index contributed by atoms with van der Waals surface area (Å²) in [6.07, 6.45) is 2.49. The predicted molar refractivity (Wildman–Crippen MR) is 121 cm³/mol. The highest BCUT2D eigenvalue weighted by molar-refractivity contribution is 6.33. The highest BCUT2D eigenvalue weighted by atomic mass is 35.5. The number of nitrogens with two attached hydrogens (primary N) is 1. The Morgan fingerprint density at radius 3 is 2.73 bits per heavy atom. The Kier molecular flexibility index (Phi) is 4.53. The molecule has 0 fully saturated rings. The molecule has 0 aliphatic rings. The molecule has 0 saturated carbocycles. The molecule has 3 heterocycles. The fourth-order valence-corrected chi connectivity index (χ4v) is 4.00. The van der Waals surface area contributed by atoms with Crippen molar-refractivity contribution in [2.75, 3.05) is 12.8 Å². The second-order valence-corrected chi connectivity index (χ2v) is 7.81. The van der Waals surface area contributed by atoms with Gasteiger partial charge in [0.1, 0.15) is 11.6 Å². The molecule has 3 aromatic heterocycles. The maximum absolute atomic E-state index is 6.51. The Morgan fingerprint density at radius 2 is 1.93 bits per heavy atom. The number of hydrogen-bond acceptors (Lipinski definition) is 4. The minimum atomic E-state index is 0.531. The molecule has 3 N–H and O–H groups in total. The number of methoxy groups -OCH3 is 1. The van der Waals surface area contributed by atoms with E-state index in [-0.39, 0.29) is 0 Å². The third-order valence-corrected chi connectivity index (χ3v) is 5.54. The molecule has 0 saturated heterocycles. The fraction of sp³-hybridized carbons (Fsp3) is 0.0909. The summed E-state index contributed by atoms with van der Waals surface area (Å²) in [7, 11) is 1.61. The van der Waals surface area contributed by atoms with Gasteiger partial charge in [-0.3, -0.25) is 4.40 Å². The van der Waals surface area contributed by atoms with E-state index >= 15 is 0 Å². The summed E-state index contributed by atoms with van der Waals surface area (Å²) < 4.78 is 7.21. The van der Waals surface area contributed by atoms with Gasteiger partial charge in [-0.15, -0.1) is 0 Å². The van der Waals surface area contributed by atoms with Gasteiger partial charge in [-0.2, -0.15) is 0 Å². The van der Waals surface area contributed by atoms with E-state index in [9.17, 15) is 0 Å². The molecule has 6 nitrogen and oxygen atoms in total. The zero-order valence-electron chi connectivity index (χ0n) is 16.0. The van der Waals surface area contributed by atoms with Crippen LogP contribution in [0.25, 0.3) is 27.9 Å². The number of fused-ring (bicyclic) bond motifs is 2. The minimum absolute atomic E-state index is 0.531. The van der Waals surface area contributed by atoms with Crippen LogP contribution >= 0.6 is 23.2 Å². The van der Waals surface area contributed by atoms with Crippen LogP contribution < -0.4 is 10.5 Å². The highest BCUT2D eigenvalue weighted by Crippen LogP contribution is 2.33. The molecule has 0 amide bonds. The van der Waals surface area contributed by atoms with Gasteiger partial charge in [0.15, 0.2) is 5.65 Å². The lowest BCUT2D eigenvalue weighted by Crippen LogP contribution is -1.96. The zero-order valence-corrected chi connectivity index (χ0v) is 17.5. The summed E-state index contributed by atoms with van der Waals surface area (Å²) in [5, 5.41) is 1.25. The smallest absolute Gasteiger partial charge is 0.160 e. The lowest BCUT2D eigenvalue weighted by molar-refractivity contribution is 0.415. The van der Waals surface area contributed by atoms with Crippen molar-refractivity contribution in [2.24, 2.45) is 0 Å². The number of nitrogens with one attached hydrogen (secondary N) is 1. The lowest BCUT2D eigenvalue weighted by Gasteiger charge is -2.10. The van der Waals surface area contributed by atoms with Gasteiger partial charge in [-0.25, -0.2) is 9.97 Å². The number of ether oxygens (including phenoxy) is 1. The van der Waals surface area contributed by atoms with Gasteiger partial charge in [0.25, 0.3) is 0 Å². The van der Waals surface area contributed by atoms with E-state index in [1.54, 1.807) is 13.2 Å². The molecule has 2 aromatic carbocycles. The molecule has 0 aliphatic heterocycles. The minimum Gasteiger partial charge on any atom is -0.497 e. The average molecular weight is 438 g/mol. The van der Waals surface area contributed by atoms with Crippen molar-refractivity contribution in [3.05, 3.63) is 76.3 Å². The monoisotopic (exact) mass is 437 g/mol. The van der Waals surface area contributed by atoms with E-state index in [2.05, 4.69) is 9.97 Å². The molecule has 0 spiro atoms. The molecular weight excluding hydrogens is 421 g/mol. The number of imidazole rings is 2. The predicted octanol–water partition coefficient (Wildman–Crippen LogP) is 5.37. The third kappa shape index (κ3) is 3.24. The largest absolute Gasteiger partial charge is 0.497 e. The third-order valence-electron chi connectivity index (χ3n) is 4.99. The Hall–Kier alpha value is -3.22. The number of H-pyrrole nitrogens is 1. The van der Waals surface area contributed by atoms with Crippen molar-refractivity contribution >= 4 is 45.6 Å². The summed E-state index contributed by atoms with van der Waals surface area (Å²) in [5.41, 5.74) is 11.8. The molecule has 0 radical (unpaired) electrons. The second-order valence-electron chi connectivity index (χ2n) is 6.97. The Morgan fingerprint density at radius 1 is 1.07 bits per heavy atom. The van der Waals surface area contributed by atoms with E-state index in [1.165, 1.54) is 0 Å². The highest BCUT2D eigenvalue weighted by Gasteiger charge is 2.14. The van der Waals surface area contributed by atoms with E-state index in [0.717, 1.165) is 33.8 Å². The topological polar surface area (TPSA) is 81.2 Å². The molecule has 5 rings (SSSR count). The number of anilines is 1. The first-order chi connectivity index (χ1) is 14.5.